The standard InChI is InChI=1S/C21H24F2O2/c22-21(23)13-7-12-19(21)20(25-15-18-10-5-2-6-11-18)16-24-14-17-8-3-1-4-9-17/h1-6,8-11,19-20H,7,12-16H2/t19-,20-/m1/s1. The first-order chi connectivity index (χ1) is 12.1. The molecular formula is C21H24F2O2. The summed E-state index contributed by atoms with van der Waals surface area (Å²) in [5, 5.41) is 0. The van der Waals surface area contributed by atoms with Crippen LogP contribution in [0.1, 0.15) is 30.4 Å². The fourth-order valence-electron chi connectivity index (χ4n) is 3.34. The second-order valence-corrected chi connectivity index (χ2v) is 6.60. The molecule has 0 aromatic heterocycles. The van der Waals surface area contributed by atoms with E-state index < -0.39 is 17.9 Å². The van der Waals surface area contributed by atoms with Crippen LogP contribution in [-0.4, -0.2) is 18.6 Å². The molecule has 0 heterocycles. The topological polar surface area (TPSA) is 18.5 Å². The van der Waals surface area contributed by atoms with Crippen LogP contribution >= 0.6 is 0 Å². The lowest BCUT2D eigenvalue weighted by Gasteiger charge is -2.28. The van der Waals surface area contributed by atoms with E-state index in [4.69, 9.17) is 9.47 Å². The van der Waals surface area contributed by atoms with Gasteiger partial charge in [-0.2, -0.15) is 0 Å². The summed E-state index contributed by atoms with van der Waals surface area (Å²) in [6.07, 6.45) is 0.381. The predicted molar refractivity (Wildman–Crippen MR) is 93.4 cm³/mol. The molecule has 1 saturated carbocycles. The van der Waals surface area contributed by atoms with Gasteiger partial charge < -0.3 is 9.47 Å². The van der Waals surface area contributed by atoms with Crippen molar-refractivity contribution in [2.24, 2.45) is 5.92 Å². The van der Waals surface area contributed by atoms with Crippen LogP contribution < -0.4 is 0 Å². The molecule has 1 fully saturated rings. The zero-order chi connectivity index (χ0) is 17.5. The van der Waals surface area contributed by atoms with E-state index >= 15 is 0 Å². The van der Waals surface area contributed by atoms with Crippen molar-refractivity contribution in [3.05, 3.63) is 71.8 Å². The van der Waals surface area contributed by atoms with E-state index in [1.807, 2.05) is 60.7 Å². The van der Waals surface area contributed by atoms with Crippen LogP contribution in [-0.2, 0) is 22.7 Å². The molecule has 0 radical (unpaired) electrons. The average Bonchev–Trinajstić information content (AvgIpc) is 2.99. The van der Waals surface area contributed by atoms with Gasteiger partial charge >= 0.3 is 0 Å². The molecule has 2 aromatic carbocycles. The second-order valence-electron chi connectivity index (χ2n) is 6.60. The minimum absolute atomic E-state index is 0.0540. The Balaban J connectivity index is 1.59. The minimum atomic E-state index is -2.67. The van der Waals surface area contributed by atoms with Crippen molar-refractivity contribution in [1.29, 1.82) is 0 Å². The summed E-state index contributed by atoms with van der Waals surface area (Å²) in [5.74, 6) is -3.44. The number of hydrogen-bond donors (Lipinski definition) is 0. The van der Waals surface area contributed by atoms with Gasteiger partial charge in [0, 0.05) is 6.42 Å². The van der Waals surface area contributed by atoms with Crippen molar-refractivity contribution in [1.82, 2.24) is 0 Å². The molecule has 25 heavy (non-hydrogen) atoms. The van der Waals surface area contributed by atoms with Crippen molar-refractivity contribution in [2.45, 2.75) is 44.5 Å². The summed E-state index contributed by atoms with van der Waals surface area (Å²) in [6, 6.07) is 19.4. The highest BCUT2D eigenvalue weighted by atomic mass is 19.3. The third-order valence-electron chi connectivity index (χ3n) is 4.72. The predicted octanol–water partition coefficient (Wildman–Crippen LogP) is 5.22. The van der Waals surface area contributed by atoms with Gasteiger partial charge in [0.1, 0.15) is 0 Å². The van der Waals surface area contributed by atoms with E-state index in [2.05, 4.69) is 0 Å². The third kappa shape index (κ3) is 5.10. The molecule has 134 valence electrons. The molecule has 2 aromatic rings. The van der Waals surface area contributed by atoms with Gasteiger partial charge in [-0.15, -0.1) is 0 Å². The Morgan fingerprint density at radius 3 is 2.08 bits per heavy atom. The Hall–Kier alpha value is -1.78. The molecule has 3 rings (SSSR count). The molecule has 4 heteroatoms. The molecule has 0 spiro atoms. The van der Waals surface area contributed by atoms with E-state index in [9.17, 15) is 8.78 Å². The van der Waals surface area contributed by atoms with Gasteiger partial charge in [-0.25, -0.2) is 8.78 Å². The van der Waals surface area contributed by atoms with Crippen molar-refractivity contribution in [2.75, 3.05) is 6.61 Å². The number of rotatable bonds is 8. The van der Waals surface area contributed by atoms with E-state index in [0.717, 1.165) is 11.1 Å². The number of hydrogen-bond acceptors (Lipinski definition) is 2. The SMILES string of the molecule is FC1(F)CCC[C@@H]1[C@@H](COCc1ccccc1)OCc1ccccc1. The number of halogens is 2. The number of benzene rings is 2. The molecule has 2 atom stereocenters. The monoisotopic (exact) mass is 346 g/mol. The first-order valence-corrected chi connectivity index (χ1v) is 8.80. The van der Waals surface area contributed by atoms with Crippen LogP contribution in [0.25, 0.3) is 0 Å². The highest BCUT2D eigenvalue weighted by Crippen LogP contribution is 2.43. The highest BCUT2D eigenvalue weighted by molar-refractivity contribution is 5.14. The molecule has 2 nitrogen and oxygen atoms in total. The summed E-state index contributed by atoms with van der Waals surface area (Å²) in [5.41, 5.74) is 2.01. The van der Waals surface area contributed by atoms with Crippen molar-refractivity contribution in [3.63, 3.8) is 0 Å². The van der Waals surface area contributed by atoms with E-state index in [0.29, 0.717) is 26.1 Å². The van der Waals surface area contributed by atoms with Crippen LogP contribution in [0.15, 0.2) is 60.7 Å². The van der Waals surface area contributed by atoms with Crippen LogP contribution in [0.5, 0.6) is 0 Å². The number of alkyl halides is 2. The first-order valence-electron chi connectivity index (χ1n) is 8.80. The van der Waals surface area contributed by atoms with Gasteiger partial charge in [-0.3, -0.25) is 0 Å². The largest absolute Gasteiger partial charge is 0.374 e. The van der Waals surface area contributed by atoms with Crippen molar-refractivity contribution >= 4 is 0 Å². The van der Waals surface area contributed by atoms with Crippen LogP contribution in [0, 0.1) is 5.92 Å². The maximum atomic E-state index is 14.2. The fourth-order valence-corrected chi connectivity index (χ4v) is 3.34. The maximum Gasteiger partial charge on any atom is 0.253 e. The minimum Gasteiger partial charge on any atom is -0.374 e. The maximum absolute atomic E-state index is 14.2. The average molecular weight is 346 g/mol. The van der Waals surface area contributed by atoms with Crippen LogP contribution in [0.3, 0.4) is 0 Å². The highest BCUT2D eigenvalue weighted by Gasteiger charge is 2.48. The van der Waals surface area contributed by atoms with Crippen molar-refractivity contribution in [3.8, 4) is 0 Å². The molecule has 0 amide bonds. The smallest absolute Gasteiger partial charge is 0.253 e. The lowest BCUT2D eigenvalue weighted by atomic mass is 9.98. The van der Waals surface area contributed by atoms with Crippen molar-refractivity contribution < 1.29 is 18.3 Å². The Kier molecular flexibility index (Phi) is 6.16. The van der Waals surface area contributed by atoms with Gasteiger partial charge in [0.2, 0.25) is 0 Å². The molecule has 0 bridgehead atoms. The van der Waals surface area contributed by atoms with Gasteiger partial charge in [-0.1, -0.05) is 60.7 Å². The lowest BCUT2D eigenvalue weighted by Crippen LogP contribution is -2.37. The molecular weight excluding hydrogens is 322 g/mol. The molecule has 0 aliphatic heterocycles. The van der Waals surface area contributed by atoms with Gasteiger partial charge in [-0.05, 0) is 24.0 Å². The molecule has 0 N–H and O–H groups in total. The molecule has 1 aliphatic rings. The van der Waals surface area contributed by atoms with E-state index in [1.54, 1.807) is 0 Å². The van der Waals surface area contributed by atoms with Gasteiger partial charge in [0.25, 0.3) is 5.92 Å². The van der Waals surface area contributed by atoms with Crippen LogP contribution in [0.4, 0.5) is 8.78 Å². The molecule has 0 saturated heterocycles. The second kappa shape index (κ2) is 8.54. The summed E-state index contributed by atoms with van der Waals surface area (Å²) in [4.78, 5) is 0. The summed E-state index contributed by atoms with van der Waals surface area (Å²) < 4.78 is 40.0. The Morgan fingerprint density at radius 1 is 0.920 bits per heavy atom. The van der Waals surface area contributed by atoms with Crippen LogP contribution in [0.2, 0.25) is 0 Å². The normalized spacial score (nSPS) is 20.5. The quantitative estimate of drug-likeness (QED) is 0.652. The Morgan fingerprint density at radius 2 is 1.52 bits per heavy atom. The molecule has 0 unspecified atom stereocenters. The van der Waals surface area contributed by atoms with E-state index in [1.165, 1.54) is 0 Å². The summed E-state index contributed by atoms with van der Waals surface area (Å²) >= 11 is 0. The number of ether oxygens (including phenoxy) is 2. The first kappa shape index (κ1) is 18.0. The zero-order valence-corrected chi connectivity index (χ0v) is 14.2. The molecule has 1 aliphatic carbocycles. The van der Waals surface area contributed by atoms with E-state index in [-0.39, 0.29) is 13.0 Å². The summed E-state index contributed by atoms with van der Waals surface area (Å²) in [7, 11) is 0. The Bertz CT molecular complexity index is 631. The zero-order valence-electron chi connectivity index (χ0n) is 14.2. The third-order valence-corrected chi connectivity index (χ3v) is 4.72. The Labute approximate surface area is 147 Å². The van der Waals surface area contributed by atoms with Gasteiger partial charge in [0.15, 0.2) is 0 Å². The fraction of sp³-hybridized carbons (Fsp3) is 0.429. The van der Waals surface area contributed by atoms with Gasteiger partial charge in [0.05, 0.1) is 31.8 Å². The summed E-state index contributed by atoms with van der Waals surface area (Å²) in [6.45, 7) is 0.916. The lowest BCUT2D eigenvalue weighted by molar-refractivity contribution is -0.131.